The van der Waals surface area contributed by atoms with Gasteiger partial charge in [-0.1, -0.05) is 17.4 Å². The zero-order valence-electron chi connectivity index (χ0n) is 12.3. The van der Waals surface area contributed by atoms with Gasteiger partial charge in [0, 0.05) is 11.1 Å². The minimum atomic E-state index is -0.351. The lowest BCUT2D eigenvalue weighted by Crippen LogP contribution is -2.21. The summed E-state index contributed by atoms with van der Waals surface area (Å²) >= 11 is 1.39. The molecular formula is C16H12FN5OS. The molecule has 0 spiro atoms. The Morgan fingerprint density at radius 3 is 3.08 bits per heavy atom. The van der Waals surface area contributed by atoms with Crippen molar-refractivity contribution in [2.24, 2.45) is 0 Å². The van der Waals surface area contributed by atoms with Crippen LogP contribution < -0.4 is 10.6 Å². The van der Waals surface area contributed by atoms with Crippen LogP contribution >= 0.6 is 11.3 Å². The van der Waals surface area contributed by atoms with Gasteiger partial charge in [0.15, 0.2) is 5.13 Å². The first-order valence-electron chi connectivity index (χ1n) is 7.21. The van der Waals surface area contributed by atoms with Gasteiger partial charge < -0.3 is 10.6 Å². The summed E-state index contributed by atoms with van der Waals surface area (Å²) in [7, 11) is 0. The molecule has 1 amide bonds. The van der Waals surface area contributed by atoms with Crippen LogP contribution in [-0.2, 0) is 4.79 Å². The number of fused-ring (bicyclic) bond motifs is 3. The molecule has 2 heterocycles. The average Bonchev–Trinajstić information content (AvgIpc) is 3.18. The van der Waals surface area contributed by atoms with Crippen molar-refractivity contribution in [2.75, 3.05) is 17.2 Å². The van der Waals surface area contributed by atoms with Crippen molar-refractivity contribution < 1.29 is 9.18 Å². The molecule has 0 fully saturated rings. The summed E-state index contributed by atoms with van der Waals surface area (Å²) in [5.41, 5.74) is 2.29. The summed E-state index contributed by atoms with van der Waals surface area (Å²) < 4.78 is 14.1. The number of rotatable bonds is 4. The van der Waals surface area contributed by atoms with Gasteiger partial charge >= 0.3 is 0 Å². The highest BCUT2D eigenvalue weighted by Gasteiger charge is 2.11. The number of nitrogens with one attached hydrogen (secondary N) is 3. The average molecular weight is 341 g/mol. The number of aromatic nitrogens is 3. The number of halogens is 1. The summed E-state index contributed by atoms with van der Waals surface area (Å²) in [5.74, 6) is -0.600. The summed E-state index contributed by atoms with van der Waals surface area (Å²) in [6, 6.07) is 9.75. The maximum Gasteiger partial charge on any atom is 0.245 e. The quantitative estimate of drug-likeness (QED) is 0.531. The van der Waals surface area contributed by atoms with Crippen LogP contribution in [0.1, 0.15) is 0 Å². The van der Waals surface area contributed by atoms with Gasteiger partial charge in [-0.05, 0) is 30.3 Å². The van der Waals surface area contributed by atoms with E-state index in [1.54, 1.807) is 18.3 Å². The van der Waals surface area contributed by atoms with Crippen molar-refractivity contribution in [1.29, 1.82) is 0 Å². The molecule has 120 valence electrons. The molecule has 8 heteroatoms. The first kappa shape index (κ1) is 14.6. The largest absolute Gasteiger partial charge is 0.376 e. The van der Waals surface area contributed by atoms with Crippen LogP contribution in [0.5, 0.6) is 0 Å². The molecule has 2 aromatic heterocycles. The number of carbonyl (C=O) groups is 1. The highest BCUT2D eigenvalue weighted by atomic mass is 32.1. The van der Waals surface area contributed by atoms with E-state index in [0.717, 1.165) is 21.1 Å². The van der Waals surface area contributed by atoms with Crippen molar-refractivity contribution in [3.8, 4) is 0 Å². The fourth-order valence-corrected chi connectivity index (χ4v) is 3.40. The Bertz CT molecular complexity index is 1040. The third kappa shape index (κ3) is 2.79. The summed E-state index contributed by atoms with van der Waals surface area (Å²) in [6.07, 6.45) is 1.74. The van der Waals surface area contributed by atoms with E-state index in [9.17, 15) is 9.18 Å². The minimum Gasteiger partial charge on any atom is -0.376 e. The van der Waals surface area contributed by atoms with Crippen molar-refractivity contribution in [3.05, 3.63) is 48.4 Å². The van der Waals surface area contributed by atoms with Crippen molar-refractivity contribution in [1.82, 2.24) is 15.2 Å². The molecule has 0 unspecified atom stereocenters. The summed E-state index contributed by atoms with van der Waals surface area (Å²) in [5, 5.41) is 14.0. The zero-order chi connectivity index (χ0) is 16.5. The van der Waals surface area contributed by atoms with E-state index in [4.69, 9.17) is 0 Å². The van der Waals surface area contributed by atoms with Crippen LogP contribution in [0.15, 0.2) is 42.6 Å². The van der Waals surface area contributed by atoms with E-state index in [1.807, 2.05) is 12.1 Å². The van der Waals surface area contributed by atoms with E-state index in [1.165, 1.54) is 23.5 Å². The molecule has 6 nitrogen and oxygen atoms in total. The van der Waals surface area contributed by atoms with Gasteiger partial charge in [-0.2, -0.15) is 5.10 Å². The van der Waals surface area contributed by atoms with Gasteiger partial charge in [0.1, 0.15) is 5.82 Å². The van der Waals surface area contributed by atoms with Gasteiger partial charge in [-0.25, -0.2) is 9.37 Å². The van der Waals surface area contributed by atoms with E-state index in [-0.39, 0.29) is 18.3 Å². The van der Waals surface area contributed by atoms with E-state index < -0.39 is 0 Å². The highest BCUT2D eigenvalue weighted by Crippen LogP contribution is 2.31. The molecule has 0 atom stereocenters. The Morgan fingerprint density at radius 1 is 1.29 bits per heavy atom. The second kappa shape index (κ2) is 5.89. The molecule has 3 N–H and O–H groups in total. The molecule has 0 aliphatic heterocycles. The molecule has 0 aliphatic carbocycles. The Kier molecular flexibility index (Phi) is 3.58. The molecule has 0 saturated carbocycles. The predicted molar refractivity (Wildman–Crippen MR) is 92.8 cm³/mol. The first-order valence-corrected chi connectivity index (χ1v) is 8.02. The maximum atomic E-state index is 13.1. The molecule has 4 aromatic rings. The number of thiazole rings is 1. The van der Waals surface area contributed by atoms with E-state index >= 15 is 0 Å². The monoisotopic (exact) mass is 341 g/mol. The zero-order valence-corrected chi connectivity index (χ0v) is 13.2. The lowest BCUT2D eigenvalue weighted by molar-refractivity contribution is -0.114. The van der Waals surface area contributed by atoms with Gasteiger partial charge in [0.05, 0.1) is 28.5 Å². The van der Waals surface area contributed by atoms with Crippen LogP contribution in [0.2, 0.25) is 0 Å². The number of hydrogen-bond donors (Lipinski definition) is 3. The van der Waals surface area contributed by atoms with Gasteiger partial charge in [-0.15, -0.1) is 0 Å². The number of aromatic amines is 1. The van der Waals surface area contributed by atoms with Gasteiger partial charge in [0.2, 0.25) is 5.91 Å². The SMILES string of the molecule is O=C(CNc1cccc(F)c1)Nc1nc2ccc3[nH]ncc3c2s1. The fraction of sp³-hybridized carbons (Fsp3) is 0.0625. The first-order chi connectivity index (χ1) is 11.7. The molecule has 0 bridgehead atoms. The number of carbonyl (C=O) groups excluding carboxylic acids is 1. The standard InChI is InChI=1S/C16H12FN5OS/c17-9-2-1-3-10(6-9)18-8-14(23)21-16-20-13-5-4-12-11(7-19-22-12)15(13)24-16/h1-7,18H,8H2,(H,19,22)(H,20,21,23). The lowest BCUT2D eigenvalue weighted by Gasteiger charge is -2.05. The minimum absolute atomic E-state index is 0.0283. The number of H-pyrrole nitrogens is 1. The smallest absolute Gasteiger partial charge is 0.245 e. The third-order valence-corrected chi connectivity index (χ3v) is 4.52. The topological polar surface area (TPSA) is 82.7 Å². The fourth-order valence-electron chi connectivity index (χ4n) is 2.40. The van der Waals surface area contributed by atoms with Crippen LogP contribution in [0.4, 0.5) is 15.2 Å². The number of amides is 1. The van der Waals surface area contributed by atoms with Gasteiger partial charge in [0.25, 0.3) is 0 Å². The Morgan fingerprint density at radius 2 is 2.21 bits per heavy atom. The second-order valence-corrected chi connectivity index (χ2v) is 6.18. The predicted octanol–water partition coefficient (Wildman–Crippen LogP) is 3.36. The Hall–Kier alpha value is -3.00. The van der Waals surface area contributed by atoms with Crippen molar-refractivity contribution in [3.63, 3.8) is 0 Å². The van der Waals surface area contributed by atoms with E-state index in [0.29, 0.717) is 10.8 Å². The molecule has 4 rings (SSSR count). The second-order valence-electron chi connectivity index (χ2n) is 5.18. The maximum absolute atomic E-state index is 13.1. The molecule has 0 saturated heterocycles. The molecular weight excluding hydrogens is 329 g/mol. The highest BCUT2D eigenvalue weighted by molar-refractivity contribution is 7.23. The number of anilines is 2. The van der Waals surface area contributed by atoms with Crippen LogP contribution in [0.3, 0.4) is 0 Å². The lowest BCUT2D eigenvalue weighted by atomic mass is 10.2. The molecule has 2 aromatic carbocycles. The Labute approximate surface area is 139 Å². The molecule has 0 aliphatic rings. The normalized spacial score (nSPS) is 11.0. The number of nitrogens with zero attached hydrogens (tertiary/aromatic N) is 2. The molecule has 0 radical (unpaired) electrons. The van der Waals surface area contributed by atoms with E-state index in [2.05, 4.69) is 25.8 Å². The van der Waals surface area contributed by atoms with Crippen LogP contribution in [0, 0.1) is 5.82 Å². The Balaban J connectivity index is 1.48. The van der Waals surface area contributed by atoms with Crippen molar-refractivity contribution >= 4 is 49.2 Å². The van der Waals surface area contributed by atoms with Gasteiger partial charge in [-0.3, -0.25) is 9.89 Å². The van der Waals surface area contributed by atoms with Crippen LogP contribution in [0.25, 0.3) is 21.1 Å². The number of benzene rings is 2. The van der Waals surface area contributed by atoms with Crippen molar-refractivity contribution in [2.45, 2.75) is 0 Å². The molecule has 24 heavy (non-hydrogen) atoms. The summed E-state index contributed by atoms with van der Waals surface area (Å²) in [6.45, 7) is 0.0283. The third-order valence-electron chi connectivity index (χ3n) is 3.50. The number of hydrogen-bond acceptors (Lipinski definition) is 5. The van der Waals surface area contributed by atoms with Crippen LogP contribution in [-0.4, -0.2) is 27.6 Å². The summed E-state index contributed by atoms with van der Waals surface area (Å²) in [4.78, 5) is 16.5.